The Labute approximate surface area is 116 Å². The molecule has 0 bridgehead atoms. The zero-order valence-corrected chi connectivity index (χ0v) is 12.1. The van der Waals surface area contributed by atoms with Gasteiger partial charge in [0.25, 0.3) is 0 Å². The van der Waals surface area contributed by atoms with Gasteiger partial charge >= 0.3 is 0 Å². The van der Waals surface area contributed by atoms with Gasteiger partial charge in [-0.15, -0.1) is 0 Å². The van der Waals surface area contributed by atoms with Crippen LogP contribution >= 0.6 is 0 Å². The summed E-state index contributed by atoms with van der Waals surface area (Å²) in [6, 6.07) is 10.3. The van der Waals surface area contributed by atoms with Crippen LogP contribution in [0.5, 0.6) is 0 Å². The molecule has 0 aliphatic heterocycles. The van der Waals surface area contributed by atoms with Crippen molar-refractivity contribution < 1.29 is 4.79 Å². The van der Waals surface area contributed by atoms with Gasteiger partial charge in [-0.3, -0.25) is 4.79 Å². The van der Waals surface area contributed by atoms with Gasteiger partial charge in [0.15, 0.2) is 5.78 Å². The molecular formula is C17H25NO. The summed E-state index contributed by atoms with van der Waals surface area (Å²) in [5.41, 5.74) is 0.841. The summed E-state index contributed by atoms with van der Waals surface area (Å²) in [4.78, 5) is 14.4. The lowest BCUT2D eigenvalue weighted by Crippen LogP contribution is -2.36. The Morgan fingerprint density at radius 3 is 2.42 bits per heavy atom. The van der Waals surface area contributed by atoms with Crippen molar-refractivity contribution in [3.8, 4) is 0 Å². The Morgan fingerprint density at radius 2 is 1.79 bits per heavy atom. The van der Waals surface area contributed by atoms with Crippen molar-refractivity contribution in [1.82, 2.24) is 4.90 Å². The van der Waals surface area contributed by atoms with Gasteiger partial charge in [-0.1, -0.05) is 37.3 Å². The van der Waals surface area contributed by atoms with Gasteiger partial charge in [0, 0.05) is 24.6 Å². The fourth-order valence-electron chi connectivity index (χ4n) is 2.91. The number of nitrogens with zero attached hydrogens (tertiary/aromatic N) is 1. The van der Waals surface area contributed by atoms with Gasteiger partial charge in [0.2, 0.25) is 0 Å². The van der Waals surface area contributed by atoms with Crippen LogP contribution in [0.3, 0.4) is 0 Å². The maximum absolute atomic E-state index is 12.1. The molecule has 104 valence electrons. The molecule has 1 aliphatic rings. The maximum atomic E-state index is 12.1. The first-order chi connectivity index (χ1) is 9.16. The lowest BCUT2D eigenvalue weighted by Gasteiger charge is -2.33. The van der Waals surface area contributed by atoms with Gasteiger partial charge in [-0.05, 0) is 38.6 Å². The van der Waals surface area contributed by atoms with Crippen molar-refractivity contribution in [2.24, 2.45) is 5.92 Å². The highest BCUT2D eigenvalue weighted by Gasteiger charge is 2.21. The second-order valence-electron chi connectivity index (χ2n) is 5.93. The van der Waals surface area contributed by atoms with E-state index in [1.807, 2.05) is 30.3 Å². The predicted octanol–water partition coefficient (Wildman–Crippen LogP) is 3.77. The molecule has 2 rings (SSSR count). The quantitative estimate of drug-likeness (QED) is 0.750. The lowest BCUT2D eigenvalue weighted by molar-refractivity contribution is 0.0947. The summed E-state index contributed by atoms with van der Waals surface area (Å²) < 4.78 is 0. The molecule has 2 nitrogen and oxygen atoms in total. The fourth-order valence-corrected chi connectivity index (χ4v) is 2.91. The zero-order valence-electron chi connectivity index (χ0n) is 12.1. The van der Waals surface area contributed by atoms with E-state index in [2.05, 4.69) is 18.9 Å². The van der Waals surface area contributed by atoms with E-state index in [4.69, 9.17) is 0 Å². The minimum Gasteiger partial charge on any atom is -0.303 e. The number of hydrogen-bond donors (Lipinski definition) is 0. The van der Waals surface area contributed by atoms with Crippen molar-refractivity contribution >= 4 is 5.78 Å². The summed E-state index contributed by atoms with van der Waals surface area (Å²) in [5.74, 6) is 1.15. The number of carbonyl (C=O) groups is 1. The topological polar surface area (TPSA) is 20.3 Å². The normalized spacial score (nSPS) is 23.5. The Hall–Kier alpha value is -1.15. The molecule has 0 radical (unpaired) electrons. The standard InChI is InChI=1S/C17H25NO/c1-14-8-10-16(11-9-14)18(2)13-12-17(19)15-6-4-3-5-7-15/h3-7,14,16H,8-13H2,1-2H3. The van der Waals surface area contributed by atoms with Crippen LogP contribution in [0.2, 0.25) is 0 Å². The Kier molecular flexibility index (Phi) is 5.15. The first-order valence-corrected chi connectivity index (χ1v) is 7.45. The molecule has 1 aromatic rings. The number of rotatable bonds is 5. The van der Waals surface area contributed by atoms with Crippen molar-refractivity contribution in [3.63, 3.8) is 0 Å². The third-order valence-electron chi connectivity index (χ3n) is 4.40. The molecule has 19 heavy (non-hydrogen) atoms. The molecule has 0 heterocycles. The van der Waals surface area contributed by atoms with Crippen molar-refractivity contribution in [1.29, 1.82) is 0 Å². The van der Waals surface area contributed by atoms with Crippen LogP contribution in [0.25, 0.3) is 0 Å². The van der Waals surface area contributed by atoms with E-state index < -0.39 is 0 Å². The second kappa shape index (κ2) is 6.85. The summed E-state index contributed by atoms with van der Waals surface area (Å²) in [6.07, 6.45) is 5.88. The van der Waals surface area contributed by atoms with Gasteiger partial charge in [0.05, 0.1) is 0 Å². The summed E-state index contributed by atoms with van der Waals surface area (Å²) in [5, 5.41) is 0. The molecule has 0 unspecified atom stereocenters. The summed E-state index contributed by atoms with van der Waals surface area (Å²) in [6.45, 7) is 3.22. The monoisotopic (exact) mass is 259 g/mol. The highest BCUT2D eigenvalue weighted by molar-refractivity contribution is 5.96. The van der Waals surface area contributed by atoms with E-state index in [9.17, 15) is 4.79 Å². The van der Waals surface area contributed by atoms with E-state index in [1.54, 1.807) is 0 Å². The SMILES string of the molecule is CC1CCC(N(C)CCC(=O)c2ccccc2)CC1. The third-order valence-corrected chi connectivity index (χ3v) is 4.40. The van der Waals surface area contributed by atoms with E-state index in [0.717, 1.165) is 18.0 Å². The first kappa shape index (κ1) is 14.3. The molecule has 0 amide bonds. The molecule has 2 heteroatoms. The summed E-state index contributed by atoms with van der Waals surface area (Å²) in [7, 11) is 2.17. The molecule has 0 aromatic heterocycles. The van der Waals surface area contributed by atoms with E-state index in [1.165, 1.54) is 25.7 Å². The van der Waals surface area contributed by atoms with E-state index in [-0.39, 0.29) is 5.78 Å². The highest BCUT2D eigenvalue weighted by atomic mass is 16.1. The lowest BCUT2D eigenvalue weighted by atomic mass is 9.86. The number of benzene rings is 1. The Morgan fingerprint density at radius 1 is 1.16 bits per heavy atom. The minimum atomic E-state index is 0.261. The van der Waals surface area contributed by atoms with E-state index in [0.29, 0.717) is 12.5 Å². The molecule has 1 fully saturated rings. The fraction of sp³-hybridized carbons (Fsp3) is 0.588. The van der Waals surface area contributed by atoms with E-state index >= 15 is 0 Å². The van der Waals surface area contributed by atoms with Crippen molar-refractivity contribution in [2.75, 3.05) is 13.6 Å². The van der Waals surface area contributed by atoms with Crippen LogP contribution in [0.15, 0.2) is 30.3 Å². The van der Waals surface area contributed by atoms with Crippen LogP contribution in [-0.4, -0.2) is 30.3 Å². The van der Waals surface area contributed by atoms with Crippen LogP contribution in [0.4, 0.5) is 0 Å². The zero-order chi connectivity index (χ0) is 13.7. The molecule has 0 spiro atoms. The second-order valence-corrected chi connectivity index (χ2v) is 5.93. The maximum Gasteiger partial charge on any atom is 0.164 e. The van der Waals surface area contributed by atoms with Crippen molar-refractivity contribution in [2.45, 2.75) is 45.1 Å². The van der Waals surface area contributed by atoms with Gasteiger partial charge in [0.1, 0.15) is 0 Å². The Bertz CT molecular complexity index is 393. The number of ketones is 1. The van der Waals surface area contributed by atoms with Gasteiger partial charge in [-0.2, -0.15) is 0 Å². The average Bonchev–Trinajstić information content (AvgIpc) is 2.46. The first-order valence-electron chi connectivity index (χ1n) is 7.45. The third kappa shape index (κ3) is 4.17. The summed E-state index contributed by atoms with van der Waals surface area (Å²) >= 11 is 0. The molecule has 1 saturated carbocycles. The predicted molar refractivity (Wildman–Crippen MR) is 79.4 cm³/mol. The smallest absolute Gasteiger partial charge is 0.164 e. The van der Waals surface area contributed by atoms with Crippen LogP contribution < -0.4 is 0 Å². The number of carbonyl (C=O) groups excluding carboxylic acids is 1. The Balaban J connectivity index is 1.77. The van der Waals surface area contributed by atoms with Crippen LogP contribution in [0, 0.1) is 5.92 Å². The highest BCUT2D eigenvalue weighted by Crippen LogP contribution is 2.26. The molecule has 1 aliphatic carbocycles. The molecule has 0 saturated heterocycles. The molecular weight excluding hydrogens is 234 g/mol. The minimum absolute atomic E-state index is 0.261. The molecule has 0 N–H and O–H groups in total. The van der Waals surface area contributed by atoms with Gasteiger partial charge < -0.3 is 4.90 Å². The number of hydrogen-bond acceptors (Lipinski definition) is 2. The van der Waals surface area contributed by atoms with Crippen LogP contribution in [0.1, 0.15) is 49.4 Å². The van der Waals surface area contributed by atoms with Crippen molar-refractivity contribution in [3.05, 3.63) is 35.9 Å². The number of Topliss-reactive ketones (excluding diaryl/α,β-unsaturated/α-hetero) is 1. The van der Waals surface area contributed by atoms with Crippen LogP contribution in [-0.2, 0) is 0 Å². The average molecular weight is 259 g/mol. The molecule has 0 atom stereocenters. The molecule has 1 aromatic carbocycles. The largest absolute Gasteiger partial charge is 0.303 e. The van der Waals surface area contributed by atoms with Gasteiger partial charge in [-0.25, -0.2) is 0 Å².